The Morgan fingerprint density at radius 2 is 1.55 bits per heavy atom. The number of aromatic nitrogens is 2. The molecule has 1 N–H and O–H groups in total. The van der Waals surface area contributed by atoms with Gasteiger partial charge in [-0.3, -0.25) is 19.6 Å². The SMILES string of the molecule is C=C1C(OC(C)=O)[C@H]2[C@@H](OCCC)C(C)C[C@]2(O)C(=O)[C@H](C)/C=C\C(C)(C)C(OC(=O)c2cccnc2)[C@H](OC(=O)c2cccnc2)[C@@H]1OCC(C)C. The van der Waals surface area contributed by atoms with Crippen LogP contribution in [0.3, 0.4) is 0 Å². The van der Waals surface area contributed by atoms with Crippen molar-refractivity contribution in [2.24, 2.45) is 29.1 Å². The predicted octanol–water partition coefficient (Wildman–Crippen LogP) is 5.74. The second kappa shape index (κ2) is 17.7. The van der Waals surface area contributed by atoms with E-state index in [1.165, 1.54) is 37.8 Å². The first-order chi connectivity index (χ1) is 25.0. The number of carbonyl (C=O) groups excluding carboxylic acids is 4. The number of Topliss-reactive ketones (excluding diaryl/α,β-unsaturated/α-hetero) is 1. The van der Waals surface area contributed by atoms with Crippen molar-refractivity contribution < 1.29 is 48.0 Å². The van der Waals surface area contributed by atoms with E-state index in [0.29, 0.717) is 13.0 Å². The fourth-order valence-electron chi connectivity index (χ4n) is 7.24. The number of hydrogen-bond acceptors (Lipinski definition) is 12. The molecule has 4 rings (SSSR count). The molecule has 2 aromatic rings. The van der Waals surface area contributed by atoms with Gasteiger partial charge in [-0.1, -0.05) is 67.2 Å². The van der Waals surface area contributed by atoms with Crippen LogP contribution in [-0.4, -0.2) is 88.1 Å². The van der Waals surface area contributed by atoms with E-state index in [-0.39, 0.29) is 41.6 Å². The van der Waals surface area contributed by atoms with Gasteiger partial charge in [0, 0.05) is 56.3 Å². The summed E-state index contributed by atoms with van der Waals surface area (Å²) in [5.41, 5.74) is -2.79. The number of nitrogens with zero attached hydrogens (tertiary/aromatic N) is 2. The van der Waals surface area contributed by atoms with Gasteiger partial charge in [0.2, 0.25) is 0 Å². The van der Waals surface area contributed by atoms with Crippen LogP contribution in [0.5, 0.6) is 0 Å². The Balaban J connectivity index is 2.03. The fourth-order valence-corrected chi connectivity index (χ4v) is 7.24. The van der Waals surface area contributed by atoms with Gasteiger partial charge < -0.3 is 28.8 Å². The van der Waals surface area contributed by atoms with Crippen molar-refractivity contribution in [1.29, 1.82) is 0 Å². The number of esters is 3. The number of aliphatic hydroxyl groups is 1. The number of fused-ring (bicyclic) bond motifs is 1. The molecule has 0 amide bonds. The first kappa shape index (κ1) is 41.5. The van der Waals surface area contributed by atoms with E-state index in [2.05, 4.69) is 16.5 Å². The summed E-state index contributed by atoms with van der Waals surface area (Å²) in [7, 11) is 0. The van der Waals surface area contributed by atoms with Crippen LogP contribution in [0.15, 0.2) is 73.4 Å². The highest BCUT2D eigenvalue weighted by Crippen LogP contribution is 2.49. The molecule has 12 heteroatoms. The summed E-state index contributed by atoms with van der Waals surface area (Å²) in [6, 6.07) is 6.27. The lowest BCUT2D eigenvalue weighted by Gasteiger charge is -2.44. The quantitative estimate of drug-likeness (QED) is 0.170. The second-order valence-electron chi connectivity index (χ2n) is 15.2. The van der Waals surface area contributed by atoms with Crippen molar-refractivity contribution in [2.45, 2.75) is 104 Å². The lowest BCUT2D eigenvalue weighted by molar-refractivity contribution is -0.170. The lowest BCUT2D eigenvalue weighted by Crippen LogP contribution is -2.58. The number of carbonyl (C=O) groups is 4. The Kier molecular flexibility index (Phi) is 13.9. The van der Waals surface area contributed by atoms with Crippen molar-refractivity contribution >= 4 is 23.7 Å². The minimum atomic E-state index is -2.01. The summed E-state index contributed by atoms with van der Waals surface area (Å²) < 4.78 is 31.6. The average Bonchev–Trinajstić information content (AvgIpc) is 3.38. The lowest BCUT2D eigenvalue weighted by atomic mass is 9.72. The van der Waals surface area contributed by atoms with Crippen LogP contribution in [0, 0.1) is 29.1 Å². The standard InChI is InChI=1S/C41H54N2O10/c1-10-19-49-32-26(5)20-41(48)31(32)33(51-28(7)44)27(6)34(50-23-24(2)3)35(52-38(46)29-13-11-17-42-21-29)37(40(8,9)16-15-25(4)36(41)45)53-39(47)30-14-12-18-43-22-30/h11-18,21-22,24-26,31-35,37,48H,6,10,19-20,23H2,1-5,7-9H3/b16-15-/t25-,26?,31-,32+,33?,34-,35-,37?,41-/m1/s1. The molecule has 288 valence electrons. The van der Waals surface area contributed by atoms with Crippen molar-refractivity contribution in [3.63, 3.8) is 0 Å². The third kappa shape index (κ3) is 9.65. The van der Waals surface area contributed by atoms with Crippen LogP contribution in [0.4, 0.5) is 0 Å². The largest absolute Gasteiger partial charge is 0.457 e. The molecule has 9 atom stereocenters. The molecule has 0 bridgehead atoms. The van der Waals surface area contributed by atoms with E-state index < -0.39 is 77.1 Å². The van der Waals surface area contributed by atoms with Crippen molar-refractivity contribution in [3.05, 3.63) is 84.5 Å². The molecular weight excluding hydrogens is 680 g/mol. The predicted molar refractivity (Wildman–Crippen MR) is 195 cm³/mol. The van der Waals surface area contributed by atoms with Gasteiger partial charge in [0.1, 0.15) is 17.8 Å². The molecule has 0 aromatic carbocycles. The molecular formula is C41H54N2O10. The van der Waals surface area contributed by atoms with Gasteiger partial charge in [0.15, 0.2) is 18.0 Å². The zero-order valence-electron chi connectivity index (χ0n) is 32.0. The van der Waals surface area contributed by atoms with Crippen LogP contribution in [0.1, 0.15) is 88.9 Å². The first-order valence-corrected chi connectivity index (χ1v) is 18.3. The molecule has 53 heavy (non-hydrogen) atoms. The second-order valence-corrected chi connectivity index (χ2v) is 15.2. The highest BCUT2D eigenvalue weighted by molar-refractivity contribution is 5.92. The summed E-state index contributed by atoms with van der Waals surface area (Å²) in [5.74, 6) is -5.06. The number of ketones is 1. The van der Waals surface area contributed by atoms with Gasteiger partial charge in [0.25, 0.3) is 0 Å². The molecule has 1 fully saturated rings. The minimum Gasteiger partial charge on any atom is -0.457 e. The van der Waals surface area contributed by atoms with E-state index in [9.17, 15) is 24.3 Å². The van der Waals surface area contributed by atoms with E-state index in [4.69, 9.17) is 23.7 Å². The van der Waals surface area contributed by atoms with Gasteiger partial charge in [0.05, 0.1) is 23.1 Å². The number of ether oxygens (including phenoxy) is 5. The van der Waals surface area contributed by atoms with Gasteiger partial charge in [-0.25, -0.2) is 9.59 Å². The third-order valence-corrected chi connectivity index (χ3v) is 9.83. The molecule has 1 saturated carbocycles. The Morgan fingerprint density at radius 3 is 2.08 bits per heavy atom. The van der Waals surface area contributed by atoms with E-state index in [1.807, 2.05) is 27.7 Å². The summed E-state index contributed by atoms with van der Waals surface area (Å²) in [4.78, 5) is 63.4. The maximum atomic E-state index is 14.5. The number of pyridine rings is 2. The molecule has 0 saturated heterocycles. The Bertz CT molecular complexity index is 1630. The highest BCUT2D eigenvalue weighted by Gasteiger charge is 2.62. The van der Waals surface area contributed by atoms with Gasteiger partial charge in [-0.15, -0.1) is 0 Å². The summed E-state index contributed by atoms with van der Waals surface area (Å²) in [5, 5.41) is 12.6. The van der Waals surface area contributed by atoms with Crippen molar-refractivity contribution in [1.82, 2.24) is 9.97 Å². The minimum absolute atomic E-state index is 0.0400. The Morgan fingerprint density at radius 1 is 0.943 bits per heavy atom. The van der Waals surface area contributed by atoms with Gasteiger partial charge in [-0.2, -0.15) is 0 Å². The molecule has 0 radical (unpaired) electrons. The maximum Gasteiger partial charge on any atom is 0.340 e. The summed E-state index contributed by atoms with van der Waals surface area (Å²) in [6.07, 6.45) is 3.71. The van der Waals surface area contributed by atoms with E-state index >= 15 is 0 Å². The van der Waals surface area contributed by atoms with Crippen molar-refractivity contribution in [2.75, 3.05) is 13.2 Å². The molecule has 0 aliphatic heterocycles. The Hall–Kier alpha value is -4.26. The molecule has 12 nitrogen and oxygen atoms in total. The summed E-state index contributed by atoms with van der Waals surface area (Å²) in [6.45, 7) is 19.0. The molecule has 3 unspecified atom stereocenters. The summed E-state index contributed by atoms with van der Waals surface area (Å²) >= 11 is 0. The van der Waals surface area contributed by atoms with Crippen LogP contribution in [0.25, 0.3) is 0 Å². The highest BCUT2D eigenvalue weighted by atomic mass is 16.6. The molecule has 2 aromatic heterocycles. The van der Waals surface area contributed by atoms with E-state index in [1.54, 1.807) is 51.1 Å². The van der Waals surface area contributed by atoms with Gasteiger partial charge >= 0.3 is 17.9 Å². The normalized spacial score (nSPS) is 30.8. The first-order valence-electron chi connectivity index (χ1n) is 18.3. The number of allylic oxidation sites excluding steroid dienone is 1. The topological polar surface area (TPSA) is 160 Å². The smallest absolute Gasteiger partial charge is 0.340 e. The number of hydrogen-bond donors (Lipinski definition) is 1. The maximum absolute atomic E-state index is 14.5. The Labute approximate surface area is 312 Å². The fraction of sp³-hybridized carbons (Fsp3) is 0.561. The van der Waals surface area contributed by atoms with Crippen LogP contribution < -0.4 is 0 Å². The molecule has 2 heterocycles. The van der Waals surface area contributed by atoms with Gasteiger partial charge in [-0.05, 0) is 54.5 Å². The third-order valence-electron chi connectivity index (χ3n) is 9.83. The molecule has 0 spiro atoms. The van der Waals surface area contributed by atoms with Crippen LogP contribution in [0.2, 0.25) is 0 Å². The average molecular weight is 735 g/mol. The molecule has 2 aliphatic rings. The van der Waals surface area contributed by atoms with Crippen LogP contribution in [-0.2, 0) is 33.3 Å². The van der Waals surface area contributed by atoms with Crippen LogP contribution >= 0.6 is 0 Å². The zero-order valence-corrected chi connectivity index (χ0v) is 32.0. The number of rotatable bonds is 11. The van der Waals surface area contributed by atoms with E-state index in [0.717, 1.165) is 0 Å². The zero-order chi connectivity index (χ0) is 39.1. The monoisotopic (exact) mass is 734 g/mol. The molecule has 2 aliphatic carbocycles. The van der Waals surface area contributed by atoms with Crippen molar-refractivity contribution in [3.8, 4) is 0 Å².